The van der Waals surface area contributed by atoms with E-state index < -0.39 is 0 Å². The van der Waals surface area contributed by atoms with Crippen molar-refractivity contribution >= 4 is 0 Å². The fourth-order valence-corrected chi connectivity index (χ4v) is 2.41. The van der Waals surface area contributed by atoms with Crippen LogP contribution in [0.1, 0.15) is 42.8 Å². The third-order valence-electron chi connectivity index (χ3n) is 3.78. The topological polar surface area (TPSA) is 63.8 Å². The second-order valence-electron chi connectivity index (χ2n) is 5.86. The van der Waals surface area contributed by atoms with Crippen LogP contribution in [-0.4, -0.2) is 22.6 Å². The first kappa shape index (κ1) is 16.6. The molecule has 3 N–H and O–H groups in total. The quantitative estimate of drug-likeness (QED) is 0.736. The van der Waals surface area contributed by atoms with Crippen molar-refractivity contribution in [3.05, 3.63) is 59.7 Å². The summed E-state index contributed by atoms with van der Waals surface area (Å²) < 4.78 is 0. The Morgan fingerprint density at radius 1 is 1.18 bits per heavy atom. The Morgan fingerprint density at radius 2 is 2.05 bits per heavy atom. The molecule has 0 aliphatic heterocycles. The maximum absolute atomic E-state index is 6.19. The molecule has 2 aromatic rings. The average Bonchev–Trinajstić information content (AvgIpc) is 2.54. The van der Waals surface area contributed by atoms with Crippen molar-refractivity contribution in [2.45, 2.75) is 45.2 Å². The van der Waals surface area contributed by atoms with Crippen molar-refractivity contribution in [3.63, 3.8) is 0 Å². The van der Waals surface area contributed by atoms with E-state index in [2.05, 4.69) is 34.3 Å². The van der Waals surface area contributed by atoms with Gasteiger partial charge in [-0.1, -0.05) is 12.1 Å². The molecule has 0 bridgehead atoms. The summed E-state index contributed by atoms with van der Waals surface area (Å²) in [5.41, 5.74) is 9.53. The van der Waals surface area contributed by atoms with Gasteiger partial charge in [0, 0.05) is 36.6 Å². The van der Waals surface area contributed by atoms with E-state index in [0.29, 0.717) is 0 Å². The lowest BCUT2D eigenvalue weighted by Gasteiger charge is -2.15. The van der Waals surface area contributed by atoms with Crippen LogP contribution in [0.4, 0.5) is 0 Å². The Labute approximate surface area is 133 Å². The molecule has 2 unspecified atom stereocenters. The van der Waals surface area contributed by atoms with Crippen molar-refractivity contribution in [1.82, 2.24) is 15.3 Å². The van der Waals surface area contributed by atoms with Gasteiger partial charge in [0.2, 0.25) is 0 Å². The highest BCUT2D eigenvalue weighted by atomic mass is 14.9. The highest BCUT2D eigenvalue weighted by Gasteiger charge is 2.07. The molecule has 2 aromatic heterocycles. The van der Waals surface area contributed by atoms with Crippen LogP contribution in [0.2, 0.25) is 0 Å². The third kappa shape index (κ3) is 5.54. The number of hydrogen-bond acceptors (Lipinski definition) is 4. The van der Waals surface area contributed by atoms with Gasteiger partial charge in [0.15, 0.2) is 0 Å². The summed E-state index contributed by atoms with van der Waals surface area (Å²) in [5, 5.41) is 3.49. The molecule has 4 heteroatoms. The van der Waals surface area contributed by atoms with Crippen molar-refractivity contribution < 1.29 is 0 Å². The van der Waals surface area contributed by atoms with Gasteiger partial charge >= 0.3 is 0 Å². The zero-order chi connectivity index (χ0) is 15.8. The second-order valence-corrected chi connectivity index (χ2v) is 5.86. The molecule has 2 rings (SSSR count). The fraction of sp³-hybridized carbons (Fsp3) is 0.444. The normalized spacial score (nSPS) is 13.8. The van der Waals surface area contributed by atoms with Gasteiger partial charge in [0.1, 0.15) is 0 Å². The van der Waals surface area contributed by atoms with E-state index in [1.54, 1.807) is 0 Å². The summed E-state index contributed by atoms with van der Waals surface area (Å²) in [4.78, 5) is 8.77. The molecule has 22 heavy (non-hydrogen) atoms. The molecule has 118 valence electrons. The SMILES string of the molecule is Cc1ccc(CC(N)CCCNC(C)c2ccccn2)nc1. The Kier molecular flexibility index (Phi) is 6.49. The molecule has 0 spiro atoms. The Morgan fingerprint density at radius 3 is 2.73 bits per heavy atom. The number of nitrogens with one attached hydrogen (secondary N) is 1. The molecule has 2 atom stereocenters. The molecule has 0 saturated heterocycles. The lowest BCUT2D eigenvalue weighted by Crippen LogP contribution is -2.26. The van der Waals surface area contributed by atoms with Crippen molar-refractivity contribution in [3.8, 4) is 0 Å². The van der Waals surface area contributed by atoms with E-state index >= 15 is 0 Å². The predicted molar refractivity (Wildman–Crippen MR) is 90.5 cm³/mol. The molecule has 0 amide bonds. The molecule has 0 radical (unpaired) electrons. The first-order chi connectivity index (χ1) is 10.6. The average molecular weight is 298 g/mol. The monoisotopic (exact) mass is 298 g/mol. The number of nitrogens with two attached hydrogens (primary N) is 1. The van der Waals surface area contributed by atoms with E-state index in [1.807, 2.05) is 37.5 Å². The van der Waals surface area contributed by atoms with Crippen LogP contribution in [0, 0.1) is 6.92 Å². The van der Waals surface area contributed by atoms with Gasteiger partial charge in [-0.05, 0) is 57.0 Å². The van der Waals surface area contributed by atoms with E-state index in [-0.39, 0.29) is 12.1 Å². The first-order valence-electron chi connectivity index (χ1n) is 7.96. The number of nitrogens with zero attached hydrogens (tertiary/aromatic N) is 2. The molecule has 0 saturated carbocycles. The summed E-state index contributed by atoms with van der Waals surface area (Å²) >= 11 is 0. The van der Waals surface area contributed by atoms with Crippen LogP contribution in [0.25, 0.3) is 0 Å². The van der Waals surface area contributed by atoms with Crippen LogP contribution in [0.5, 0.6) is 0 Å². The summed E-state index contributed by atoms with van der Waals surface area (Å²) in [6.07, 6.45) is 6.63. The minimum absolute atomic E-state index is 0.169. The molecule has 0 fully saturated rings. The minimum Gasteiger partial charge on any atom is -0.327 e. The largest absolute Gasteiger partial charge is 0.327 e. The number of aromatic nitrogens is 2. The third-order valence-corrected chi connectivity index (χ3v) is 3.78. The van der Waals surface area contributed by atoms with Gasteiger partial charge in [-0.2, -0.15) is 0 Å². The zero-order valence-electron chi connectivity index (χ0n) is 13.5. The summed E-state index contributed by atoms with van der Waals surface area (Å²) in [7, 11) is 0. The maximum atomic E-state index is 6.19. The van der Waals surface area contributed by atoms with Gasteiger partial charge in [-0.3, -0.25) is 9.97 Å². The number of hydrogen-bond donors (Lipinski definition) is 2. The Balaban J connectivity index is 1.65. The van der Waals surface area contributed by atoms with Crippen molar-refractivity contribution in [2.75, 3.05) is 6.54 Å². The summed E-state index contributed by atoms with van der Waals surface area (Å²) in [6.45, 7) is 5.14. The van der Waals surface area contributed by atoms with Gasteiger partial charge in [-0.15, -0.1) is 0 Å². The summed E-state index contributed by atoms with van der Waals surface area (Å²) in [5.74, 6) is 0. The van der Waals surface area contributed by atoms with Gasteiger partial charge in [-0.25, -0.2) is 0 Å². The molecule has 0 aliphatic carbocycles. The Bertz CT molecular complexity index is 539. The standard InChI is InChI=1S/C18H26N4/c1-14-8-9-17(22-13-14)12-16(19)6-5-11-20-15(2)18-7-3-4-10-21-18/h3-4,7-10,13,15-16,20H,5-6,11-12,19H2,1-2H3. The number of aryl methyl sites for hydroxylation is 1. The van der Waals surface area contributed by atoms with E-state index in [1.165, 1.54) is 5.56 Å². The molecular weight excluding hydrogens is 272 g/mol. The van der Waals surface area contributed by atoms with E-state index in [9.17, 15) is 0 Å². The Hall–Kier alpha value is -1.78. The number of pyridine rings is 2. The smallest absolute Gasteiger partial charge is 0.0570 e. The number of rotatable bonds is 8. The molecule has 0 aromatic carbocycles. The van der Waals surface area contributed by atoms with Crippen LogP contribution in [0.15, 0.2) is 42.7 Å². The van der Waals surface area contributed by atoms with Crippen molar-refractivity contribution in [1.29, 1.82) is 0 Å². The zero-order valence-corrected chi connectivity index (χ0v) is 13.5. The lowest BCUT2D eigenvalue weighted by atomic mass is 10.1. The predicted octanol–water partition coefficient (Wildman–Crippen LogP) is 2.79. The van der Waals surface area contributed by atoms with Crippen LogP contribution < -0.4 is 11.1 Å². The highest BCUT2D eigenvalue weighted by Crippen LogP contribution is 2.09. The van der Waals surface area contributed by atoms with E-state index in [4.69, 9.17) is 5.73 Å². The second kappa shape index (κ2) is 8.61. The molecule has 2 heterocycles. The minimum atomic E-state index is 0.169. The molecular formula is C18H26N4. The highest BCUT2D eigenvalue weighted by molar-refractivity contribution is 5.13. The first-order valence-corrected chi connectivity index (χ1v) is 7.96. The molecule has 0 aliphatic rings. The van der Waals surface area contributed by atoms with Gasteiger partial charge in [0.25, 0.3) is 0 Å². The van der Waals surface area contributed by atoms with Crippen molar-refractivity contribution in [2.24, 2.45) is 5.73 Å². The maximum Gasteiger partial charge on any atom is 0.0570 e. The lowest BCUT2D eigenvalue weighted by molar-refractivity contribution is 0.504. The van der Waals surface area contributed by atoms with Crippen LogP contribution in [-0.2, 0) is 6.42 Å². The van der Waals surface area contributed by atoms with Crippen LogP contribution in [0.3, 0.4) is 0 Å². The molecule has 4 nitrogen and oxygen atoms in total. The van der Waals surface area contributed by atoms with Crippen LogP contribution >= 0.6 is 0 Å². The van der Waals surface area contributed by atoms with Gasteiger partial charge < -0.3 is 11.1 Å². The van der Waals surface area contributed by atoms with Gasteiger partial charge in [0.05, 0.1) is 5.69 Å². The fourth-order valence-electron chi connectivity index (χ4n) is 2.41. The van der Waals surface area contributed by atoms with E-state index in [0.717, 1.165) is 37.2 Å². The summed E-state index contributed by atoms with van der Waals surface area (Å²) in [6, 6.07) is 10.6.